The van der Waals surface area contributed by atoms with Gasteiger partial charge in [-0.3, -0.25) is 4.79 Å². The van der Waals surface area contributed by atoms with Gasteiger partial charge in [0.05, 0.1) is 5.92 Å². The van der Waals surface area contributed by atoms with Crippen LogP contribution in [0.3, 0.4) is 0 Å². The molecule has 1 fully saturated rings. The van der Waals surface area contributed by atoms with Crippen molar-refractivity contribution in [2.45, 2.75) is 18.8 Å². The fourth-order valence-corrected chi connectivity index (χ4v) is 1.82. The summed E-state index contributed by atoms with van der Waals surface area (Å²) < 4.78 is 0. The molecule has 0 saturated carbocycles. The predicted octanol–water partition coefficient (Wildman–Crippen LogP) is 1.26. The molecule has 1 aliphatic heterocycles. The summed E-state index contributed by atoms with van der Waals surface area (Å²) in [4.78, 5) is 11.5. The van der Waals surface area contributed by atoms with E-state index in [0.29, 0.717) is 0 Å². The van der Waals surface area contributed by atoms with Crippen LogP contribution in [0, 0.1) is 0 Å². The van der Waals surface area contributed by atoms with Crippen molar-refractivity contribution in [2.24, 2.45) is 0 Å². The van der Waals surface area contributed by atoms with Crippen LogP contribution in [0.15, 0.2) is 24.3 Å². The van der Waals surface area contributed by atoms with Crippen LogP contribution < -0.4 is 11.1 Å². The van der Waals surface area contributed by atoms with Crippen LogP contribution in [-0.2, 0) is 4.79 Å². The molecule has 1 heterocycles. The van der Waals surface area contributed by atoms with Gasteiger partial charge in [0.2, 0.25) is 5.91 Å². The van der Waals surface area contributed by atoms with Gasteiger partial charge in [0, 0.05) is 12.2 Å². The van der Waals surface area contributed by atoms with Crippen molar-refractivity contribution in [3.05, 3.63) is 29.8 Å². The van der Waals surface area contributed by atoms with Crippen LogP contribution in [-0.4, -0.2) is 12.5 Å². The Morgan fingerprint density at radius 2 is 2.00 bits per heavy atom. The first kappa shape index (κ1) is 9.06. The SMILES string of the molecule is Nc1ccc(C2CCCNC2=O)cc1. The monoisotopic (exact) mass is 190 g/mol. The van der Waals surface area contributed by atoms with E-state index < -0.39 is 0 Å². The van der Waals surface area contributed by atoms with Gasteiger partial charge in [-0.1, -0.05) is 12.1 Å². The lowest BCUT2D eigenvalue weighted by atomic mass is 9.91. The van der Waals surface area contributed by atoms with Crippen molar-refractivity contribution in [3.8, 4) is 0 Å². The van der Waals surface area contributed by atoms with Crippen molar-refractivity contribution >= 4 is 11.6 Å². The number of hydrogen-bond donors (Lipinski definition) is 2. The maximum absolute atomic E-state index is 11.5. The summed E-state index contributed by atoms with van der Waals surface area (Å²) in [6.45, 7) is 0.810. The fourth-order valence-electron chi connectivity index (χ4n) is 1.82. The molecule has 1 aliphatic rings. The maximum Gasteiger partial charge on any atom is 0.227 e. The van der Waals surface area contributed by atoms with Gasteiger partial charge in [0.25, 0.3) is 0 Å². The van der Waals surface area contributed by atoms with Gasteiger partial charge < -0.3 is 11.1 Å². The molecule has 3 nitrogen and oxygen atoms in total. The zero-order chi connectivity index (χ0) is 9.97. The number of anilines is 1. The van der Waals surface area contributed by atoms with Crippen LogP contribution in [0.4, 0.5) is 5.69 Å². The normalized spacial score (nSPS) is 21.7. The third-order valence-corrected chi connectivity index (χ3v) is 2.62. The van der Waals surface area contributed by atoms with E-state index in [4.69, 9.17) is 5.73 Å². The molecule has 3 heteroatoms. The first-order chi connectivity index (χ1) is 6.77. The number of nitrogens with two attached hydrogens (primary N) is 1. The van der Waals surface area contributed by atoms with Crippen molar-refractivity contribution in [3.63, 3.8) is 0 Å². The molecule has 0 bridgehead atoms. The number of piperidine rings is 1. The van der Waals surface area contributed by atoms with Gasteiger partial charge in [-0.15, -0.1) is 0 Å². The zero-order valence-electron chi connectivity index (χ0n) is 7.99. The zero-order valence-corrected chi connectivity index (χ0v) is 7.99. The molecule has 3 N–H and O–H groups in total. The highest BCUT2D eigenvalue weighted by Gasteiger charge is 2.23. The van der Waals surface area contributed by atoms with Gasteiger partial charge >= 0.3 is 0 Å². The number of hydrogen-bond acceptors (Lipinski definition) is 2. The number of carbonyl (C=O) groups is 1. The van der Waals surface area contributed by atoms with Gasteiger partial charge in [-0.2, -0.15) is 0 Å². The number of carbonyl (C=O) groups excluding carboxylic acids is 1. The minimum atomic E-state index is 0.0179. The van der Waals surface area contributed by atoms with Crippen LogP contribution in [0.5, 0.6) is 0 Å². The highest BCUT2D eigenvalue weighted by Crippen LogP contribution is 2.24. The molecule has 0 radical (unpaired) electrons. The van der Waals surface area contributed by atoms with Gasteiger partial charge in [0.1, 0.15) is 0 Å². The summed E-state index contributed by atoms with van der Waals surface area (Å²) in [7, 11) is 0. The standard InChI is InChI=1S/C11H14N2O/c12-9-5-3-8(4-6-9)10-2-1-7-13-11(10)14/h3-6,10H,1-2,7,12H2,(H,13,14). The first-order valence-electron chi connectivity index (χ1n) is 4.90. The van der Waals surface area contributed by atoms with Gasteiger partial charge in [0.15, 0.2) is 0 Å². The Labute approximate surface area is 83.3 Å². The molecule has 0 spiro atoms. The van der Waals surface area contributed by atoms with Crippen molar-refractivity contribution < 1.29 is 4.79 Å². The number of nitrogens with one attached hydrogen (secondary N) is 1. The molecule has 0 aliphatic carbocycles. The maximum atomic E-state index is 11.5. The predicted molar refractivity (Wildman–Crippen MR) is 55.8 cm³/mol. The summed E-state index contributed by atoms with van der Waals surface area (Å²) >= 11 is 0. The molecule has 1 aromatic carbocycles. The summed E-state index contributed by atoms with van der Waals surface area (Å²) in [5.41, 5.74) is 7.40. The smallest absolute Gasteiger partial charge is 0.227 e. The number of nitrogen functional groups attached to an aromatic ring is 1. The third kappa shape index (κ3) is 1.71. The minimum absolute atomic E-state index is 0.0179. The lowest BCUT2D eigenvalue weighted by Gasteiger charge is -2.22. The van der Waals surface area contributed by atoms with E-state index in [1.807, 2.05) is 24.3 Å². The Hall–Kier alpha value is -1.51. The second-order valence-corrected chi connectivity index (χ2v) is 3.65. The average molecular weight is 190 g/mol. The number of amides is 1. The summed E-state index contributed by atoms with van der Waals surface area (Å²) in [6.07, 6.45) is 2.00. The van der Waals surface area contributed by atoms with Crippen LogP contribution in [0.1, 0.15) is 24.3 Å². The molecule has 1 aromatic rings. The lowest BCUT2D eigenvalue weighted by molar-refractivity contribution is -0.123. The largest absolute Gasteiger partial charge is 0.399 e. The quantitative estimate of drug-likeness (QED) is 0.655. The van der Waals surface area contributed by atoms with Crippen LogP contribution in [0.25, 0.3) is 0 Å². The number of benzene rings is 1. The summed E-state index contributed by atoms with van der Waals surface area (Å²) in [6, 6.07) is 7.56. The summed E-state index contributed by atoms with van der Waals surface area (Å²) in [5, 5.41) is 2.88. The van der Waals surface area contributed by atoms with E-state index in [1.54, 1.807) is 0 Å². The van der Waals surface area contributed by atoms with Gasteiger partial charge in [-0.25, -0.2) is 0 Å². The Morgan fingerprint density at radius 3 is 2.64 bits per heavy atom. The Morgan fingerprint density at radius 1 is 1.29 bits per heavy atom. The van der Waals surface area contributed by atoms with Gasteiger partial charge in [-0.05, 0) is 30.5 Å². The second kappa shape index (κ2) is 3.70. The van der Waals surface area contributed by atoms with Crippen LogP contribution >= 0.6 is 0 Å². The molecule has 1 amide bonds. The molecule has 14 heavy (non-hydrogen) atoms. The molecule has 0 aromatic heterocycles. The Balaban J connectivity index is 2.20. The average Bonchev–Trinajstić information content (AvgIpc) is 2.20. The molecule has 1 atom stereocenters. The van der Waals surface area contributed by atoms with Crippen molar-refractivity contribution in [2.75, 3.05) is 12.3 Å². The van der Waals surface area contributed by atoms with Crippen molar-refractivity contribution in [1.29, 1.82) is 0 Å². The molecule has 2 rings (SSSR count). The molecular formula is C11H14N2O. The molecule has 1 saturated heterocycles. The number of rotatable bonds is 1. The van der Waals surface area contributed by atoms with E-state index in [1.165, 1.54) is 0 Å². The third-order valence-electron chi connectivity index (χ3n) is 2.62. The van der Waals surface area contributed by atoms with Crippen molar-refractivity contribution in [1.82, 2.24) is 5.32 Å². The second-order valence-electron chi connectivity index (χ2n) is 3.65. The minimum Gasteiger partial charge on any atom is -0.399 e. The van der Waals surface area contributed by atoms with E-state index in [9.17, 15) is 4.79 Å². The molecule has 74 valence electrons. The highest BCUT2D eigenvalue weighted by molar-refractivity contribution is 5.84. The van der Waals surface area contributed by atoms with E-state index in [-0.39, 0.29) is 11.8 Å². The fraction of sp³-hybridized carbons (Fsp3) is 0.364. The Bertz CT molecular complexity index is 332. The van der Waals surface area contributed by atoms with E-state index in [0.717, 1.165) is 30.6 Å². The Kier molecular flexibility index (Phi) is 2.39. The first-order valence-corrected chi connectivity index (χ1v) is 4.90. The summed E-state index contributed by atoms with van der Waals surface area (Å²) in [5.74, 6) is 0.158. The van der Waals surface area contributed by atoms with Crippen LogP contribution in [0.2, 0.25) is 0 Å². The van der Waals surface area contributed by atoms with E-state index in [2.05, 4.69) is 5.32 Å². The molecule has 1 unspecified atom stereocenters. The highest BCUT2D eigenvalue weighted by atomic mass is 16.1. The lowest BCUT2D eigenvalue weighted by Crippen LogP contribution is -2.34. The topological polar surface area (TPSA) is 55.1 Å². The molecular weight excluding hydrogens is 176 g/mol. The van der Waals surface area contributed by atoms with E-state index >= 15 is 0 Å².